The molecule has 0 aliphatic rings. The SMILES string of the molecule is CC(C)OC(=O)C(C#N)=Cc1ccccc1-c1cccc2ccccc12. The maximum atomic E-state index is 12.1. The predicted molar refractivity (Wildman–Crippen MR) is 104 cm³/mol. The zero-order valence-corrected chi connectivity index (χ0v) is 14.8. The van der Waals surface area contributed by atoms with Gasteiger partial charge in [0.1, 0.15) is 11.6 Å². The number of rotatable bonds is 4. The molecule has 0 fully saturated rings. The number of nitriles is 1. The van der Waals surface area contributed by atoms with E-state index in [-0.39, 0.29) is 11.7 Å². The summed E-state index contributed by atoms with van der Waals surface area (Å²) in [6.07, 6.45) is 1.33. The van der Waals surface area contributed by atoms with E-state index in [4.69, 9.17) is 4.74 Å². The van der Waals surface area contributed by atoms with Crippen LogP contribution in [0.25, 0.3) is 28.0 Å². The summed E-state index contributed by atoms with van der Waals surface area (Å²) in [6, 6.07) is 24.0. The molecule has 26 heavy (non-hydrogen) atoms. The van der Waals surface area contributed by atoms with Crippen LogP contribution in [-0.2, 0) is 9.53 Å². The minimum atomic E-state index is -0.602. The summed E-state index contributed by atoms with van der Waals surface area (Å²) < 4.78 is 5.16. The highest BCUT2D eigenvalue weighted by Crippen LogP contribution is 2.32. The first-order valence-electron chi connectivity index (χ1n) is 8.50. The van der Waals surface area contributed by atoms with Crippen LogP contribution >= 0.6 is 0 Å². The summed E-state index contributed by atoms with van der Waals surface area (Å²) in [6.45, 7) is 3.52. The van der Waals surface area contributed by atoms with Crippen molar-refractivity contribution in [2.24, 2.45) is 0 Å². The van der Waals surface area contributed by atoms with Gasteiger partial charge in [0.05, 0.1) is 6.10 Å². The number of fused-ring (bicyclic) bond motifs is 1. The number of nitrogens with zero attached hydrogens (tertiary/aromatic N) is 1. The topological polar surface area (TPSA) is 50.1 Å². The first kappa shape index (κ1) is 17.4. The second kappa shape index (κ2) is 7.67. The molecule has 3 aromatic rings. The number of benzene rings is 3. The Labute approximate surface area is 153 Å². The van der Waals surface area contributed by atoms with Gasteiger partial charge in [0.2, 0.25) is 0 Å². The van der Waals surface area contributed by atoms with Crippen LogP contribution in [-0.4, -0.2) is 12.1 Å². The average Bonchev–Trinajstić information content (AvgIpc) is 2.65. The van der Waals surface area contributed by atoms with Gasteiger partial charge in [-0.1, -0.05) is 66.7 Å². The number of ether oxygens (including phenoxy) is 1. The summed E-state index contributed by atoms with van der Waals surface area (Å²) in [5, 5.41) is 11.7. The van der Waals surface area contributed by atoms with Crippen LogP contribution in [0.3, 0.4) is 0 Å². The van der Waals surface area contributed by atoms with Crippen molar-refractivity contribution in [3.8, 4) is 17.2 Å². The first-order chi connectivity index (χ1) is 12.6. The van der Waals surface area contributed by atoms with Crippen LogP contribution in [0, 0.1) is 11.3 Å². The van der Waals surface area contributed by atoms with Crippen molar-refractivity contribution in [2.75, 3.05) is 0 Å². The minimum absolute atomic E-state index is 0.00798. The van der Waals surface area contributed by atoms with Gasteiger partial charge in [-0.25, -0.2) is 4.79 Å². The van der Waals surface area contributed by atoms with Gasteiger partial charge in [-0.05, 0) is 47.4 Å². The molecular formula is C23H19NO2. The third-order valence-corrected chi connectivity index (χ3v) is 4.02. The standard InChI is InChI=1S/C23H19NO2/c1-16(2)26-23(25)19(15-24)14-18-9-4-6-12-21(18)22-13-7-10-17-8-3-5-11-20(17)22/h3-14,16H,1-2H3. The zero-order valence-electron chi connectivity index (χ0n) is 14.8. The molecule has 0 bridgehead atoms. The van der Waals surface area contributed by atoms with E-state index in [1.807, 2.05) is 54.6 Å². The lowest BCUT2D eigenvalue weighted by atomic mass is 9.94. The van der Waals surface area contributed by atoms with Gasteiger partial charge >= 0.3 is 5.97 Å². The Kier molecular flexibility index (Phi) is 5.15. The molecule has 0 amide bonds. The molecule has 3 heteroatoms. The van der Waals surface area contributed by atoms with Gasteiger partial charge in [-0.2, -0.15) is 5.26 Å². The van der Waals surface area contributed by atoms with Crippen molar-refractivity contribution >= 4 is 22.8 Å². The van der Waals surface area contributed by atoms with Crippen LogP contribution in [0.15, 0.2) is 72.3 Å². The Balaban J connectivity index is 2.13. The van der Waals surface area contributed by atoms with Crippen molar-refractivity contribution in [3.63, 3.8) is 0 Å². The number of carbonyl (C=O) groups is 1. The van der Waals surface area contributed by atoms with Crippen molar-refractivity contribution in [3.05, 3.63) is 77.9 Å². The normalized spacial score (nSPS) is 11.4. The van der Waals surface area contributed by atoms with E-state index >= 15 is 0 Å². The predicted octanol–water partition coefficient (Wildman–Crippen LogP) is 5.37. The number of hydrogen-bond acceptors (Lipinski definition) is 3. The Hall–Kier alpha value is -3.38. The molecule has 3 rings (SSSR count). The quantitative estimate of drug-likeness (QED) is 0.364. The maximum absolute atomic E-state index is 12.1. The molecule has 0 atom stereocenters. The van der Waals surface area contributed by atoms with Gasteiger partial charge in [0.25, 0.3) is 0 Å². The molecule has 0 saturated carbocycles. The van der Waals surface area contributed by atoms with Crippen LogP contribution in [0.4, 0.5) is 0 Å². The molecule has 3 aromatic carbocycles. The van der Waals surface area contributed by atoms with Crippen LogP contribution in [0.2, 0.25) is 0 Å². The third kappa shape index (κ3) is 3.65. The summed E-state index contributed by atoms with van der Waals surface area (Å²) in [5.41, 5.74) is 2.83. The Morgan fingerprint density at radius 2 is 1.62 bits per heavy atom. The summed E-state index contributed by atoms with van der Waals surface area (Å²) in [5.74, 6) is -0.602. The second-order valence-corrected chi connectivity index (χ2v) is 6.24. The largest absolute Gasteiger partial charge is 0.459 e. The highest BCUT2D eigenvalue weighted by atomic mass is 16.5. The fourth-order valence-corrected chi connectivity index (χ4v) is 2.90. The molecule has 0 spiro atoms. The molecule has 0 saturated heterocycles. The van der Waals surface area contributed by atoms with Crippen LogP contribution in [0.5, 0.6) is 0 Å². The van der Waals surface area contributed by atoms with E-state index in [2.05, 4.69) is 18.2 Å². The lowest BCUT2D eigenvalue weighted by Crippen LogP contribution is -2.12. The molecule has 0 heterocycles. The number of esters is 1. The third-order valence-electron chi connectivity index (χ3n) is 4.02. The van der Waals surface area contributed by atoms with E-state index in [1.165, 1.54) is 0 Å². The summed E-state index contributed by atoms with van der Waals surface area (Å²) >= 11 is 0. The van der Waals surface area contributed by atoms with E-state index < -0.39 is 5.97 Å². The molecule has 0 aliphatic heterocycles. The van der Waals surface area contributed by atoms with Crippen LogP contribution < -0.4 is 0 Å². The second-order valence-electron chi connectivity index (χ2n) is 6.24. The summed E-state index contributed by atoms with van der Waals surface area (Å²) in [4.78, 5) is 12.1. The average molecular weight is 341 g/mol. The highest BCUT2D eigenvalue weighted by molar-refractivity contribution is 6.02. The van der Waals surface area contributed by atoms with Crippen LogP contribution in [0.1, 0.15) is 19.4 Å². The number of hydrogen-bond donors (Lipinski definition) is 0. The van der Waals surface area contributed by atoms with Gasteiger partial charge < -0.3 is 4.74 Å². The monoisotopic (exact) mass is 341 g/mol. The minimum Gasteiger partial charge on any atom is -0.459 e. The van der Waals surface area contributed by atoms with E-state index in [0.717, 1.165) is 27.5 Å². The first-order valence-corrected chi connectivity index (χ1v) is 8.50. The molecule has 128 valence electrons. The molecule has 3 nitrogen and oxygen atoms in total. The molecule has 0 aromatic heterocycles. The Morgan fingerprint density at radius 1 is 0.962 bits per heavy atom. The molecule has 0 aliphatic carbocycles. The van der Waals surface area contributed by atoms with Gasteiger partial charge in [-0.3, -0.25) is 0 Å². The molecule has 0 unspecified atom stereocenters. The van der Waals surface area contributed by atoms with Gasteiger partial charge in [0.15, 0.2) is 0 Å². The van der Waals surface area contributed by atoms with E-state index in [0.29, 0.717) is 0 Å². The Bertz CT molecular complexity index is 1020. The van der Waals surface area contributed by atoms with Gasteiger partial charge in [-0.15, -0.1) is 0 Å². The molecular weight excluding hydrogens is 322 g/mol. The number of carbonyl (C=O) groups excluding carboxylic acids is 1. The van der Waals surface area contributed by atoms with Crippen molar-refractivity contribution in [2.45, 2.75) is 20.0 Å². The lowest BCUT2D eigenvalue weighted by Gasteiger charge is -2.11. The Morgan fingerprint density at radius 3 is 2.38 bits per heavy atom. The van der Waals surface area contributed by atoms with Gasteiger partial charge in [0, 0.05) is 0 Å². The molecule has 0 N–H and O–H groups in total. The molecule has 0 radical (unpaired) electrons. The smallest absolute Gasteiger partial charge is 0.349 e. The lowest BCUT2D eigenvalue weighted by molar-refractivity contribution is -0.142. The van der Waals surface area contributed by atoms with Crippen molar-refractivity contribution in [1.82, 2.24) is 0 Å². The van der Waals surface area contributed by atoms with Crippen molar-refractivity contribution in [1.29, 1.82) is 5.26 Å². The fraction of sp³-hybridized carbons (Fsp3) is 0.130. The zero-order chi connectivity index (χ0) is 18.5. The fourth-order valence-electron chi connectivity index (χ4n) is 2.90. The maximum Gasteiger partial charge on any atom is 0.349 e. The van der Waals surface area contributed by atoms with E-state index in [1.54, 1.807) is 19.9 Å². The highest BCUT2D eigenvalue weighted by Gasteiger charge is 2.14. The van der Waals surface area contributed by atoms with E-state index in [9.17, 15) is 10.1 Å². The summed E-state index contributed by atoms with van der Waals surface area (Å²) in [7, 11) is 0. The van der Waals surface area contributed by atoms with Crippen molar-refractivity contribution < 1.29 is 9.53 Å².